The van der Waals surface area contributed by atoms with Gasteiger partial charge in [0.1, 0.15) is 11.3 Å². The first-order valence-electron chi connectivity index (χ1n) is 5.49. The Morgan fingerprint density at radius 3 is 2.72 bits per heavy atom. The number of aliphatic hydroxyl groups excluding tert-OH is 1. The van der Waals surface area contributed by atoms with Gasteiger partial charge in [-0.25, -0.2) is 4.79 Å². The molecule has 1 rings (SSSR count). The maximum atomic E-state index is 12.0. The topological polar surface area (TPSA) is 102 Å². The highest BCUT2D eigenvalue weighted by molar-refractivity contribution is 5.98. The summed E-state index contributed by atoms with van der Waals surface area (Å²) in [6, 6.07) is -1.10. The van der Waals surface area contributed by atoms with Crippen LogP contribution < -0.4 is 5.32 Å². The number of aromatic nitrogens is 1. The smallest absolute Gasteiger partial charge is 0.330 e. The molecule has 0 aromatic carbocycles. The van der Waals surface area contributed by atoms with Crippen LogP contribution in [0.15, 0.2) is 4.52 Å². The Morgan fingerprint density at radius 1 is 1.56 bits per heavy atom. The quantitative estimate of drug-likeness (QED) is 0.708. The highest BCUT2D eigenvalue weighted by Gasteiger charge is 2.25. The molecule has 1 aromatic rings. The minimum Gasteiger partial charge on any atom is -0.467 e. The van der Waals surface area contributed by atoms with Gasteiger partial charge in [0.25, 0.3) is 5.91 Å². The largest absolute Gasteiger partial charge is 0.467 e. The van der Waals surface area contributed by atoms with Crippen LogP contribution in [-0.4, -0.2) is 41.9 Å². The fraction of sp³-hybridized carbons (Fsp3) is 0.545. The molecular formula is C11H16N2O5. The zero-order chi connectivity index (χ0) is 13.7. The lowest BCUT2D eigenvalue weighted by molar-refractivity contribution is -0.143. The summed E-state index contributed by atoms with van der Waals surface area (Å²) < 4.78 is 9.38. The van der Waals surface area contributed by atoms with Crippen molar-refractivity contribution in [2.75, 3.05) is 13.7 Å². The lowest BCUT2D eigenvalue weighted by Gasteiger charge is -2.13. The average molecular weight is 256 g/mol. The zero-order valence-corrected chi connectivity index (χ0v) is 10.5. The molecule has 0 aliphatic heterocycles. The molecule has 0 aliphatic carbocycles. The molecule has 0 aliphatic rings. The van der Waals surface area contributed by atoms with Gasteiger partial charge >= 0.3 is 5.97 Å². The second kappa shape index (κ2) is 6.15. The van der Waals surface area contributed by atoms with E-state index < -0.39 is 24.5 Å². The number of nitrogens with zero attached hydrogens (tertiary/aromatic N) is 1. The molecule has 0 saturated heterocycles. The van der Waals surface area contributed by atoms with Crippen molar-refractivity contribution in [2.45, 2.75) is 26.3 Å². The number of carbonyl (C=O) groups excluding carboxylic acids is 2. The van der Waals surface area contributed by atoms with E-state index in [2.05, 4.69) is 15.2 Å². The van der Waals surface area contributed by atoms with Gasteiger partial charge in [-0.3, -0.25) is 4.79 Å². The molecule has 2 N–H and O–H groups in total. The number of amides is 1. The maximum Gasteiger partial charge on any atom is 0.330 e. The summed E-state index contributed by atoms with van der Waals surface area (Å²) in [6.45, 7) is 2.90. The van der Waals surface area contributed by atoms with Gasteiger partial charge in [-0.2, -0.15) is 0 Å². The van der Waals surface area contributed by atoms with Crippen molar-refractivity contribution in [3.63, 3.8) is 0 Å². The first-order chi connectivity index (χ1) is 8.54. The lowest BCUT2D eigenvalue weighted by Crippen LogP contribution is -2.44. The highest BCUT2D eigenvalue weighted by Crippen LogP contribution is 2.13. The third-order valence-corrected chi connectivity index (χ3v) is 2.47. The molecule has 7 nitrogen and oxygen atoms in total. The Labute approximate surface area is 104 Å². The molecular weight excluding hydrogens is 240 g/mol. The summed E-state index contributed by atoms with van der Waals surface area (Å²) in [7, 11) is 1.18. The van der Waals surface area contributed by atoms with Gasteiger partial charge in [0.05, 0.1) is 19.4 Å². The van der Waals surface area contributed by atoms with E-state index in [1.54, 1.807) is 6.92 Å². The predicted molar refractivity (Wildman–Crippen MR) is 61.0 cm³/mol. The summed E-state index contributed by atoms with van der Waals surface area (Å²) >= 11 is 0. The highest BCUT2D eigenvalue weighted by atomic mass is 16.5. The van der Waals surface area contributed by atoms with E-state index in [-0.39, 0.29) is 0 Å². The molecule has 0 spiro atoms. The standard InChI is InChI=1S/C11H16N2O5/c1-4-7-9(6(2)18-13-7)10(15)12-8(5-14)11(16)17-3/h8,14H,4-5H2,1-3H3,(H,12,15)/t8-/m0/s1. The van der Waals surface area contributed by atoms with Gasteiger partial charge in [-0.15, -0.1) is 0 Å². The molecule has 1 atom stereocenters. The van der Waals surface area contributed by atoms with Gasteiger partial charge in [-0.05, 0) is 13.3 Å². The molecule has 7 heteroatoms. The number of hydrogen-bond acceptors (Lipinski definition) is 6. The summed E-state index contributed by atoms with van der Waals surface area (Å²) in [6.07, 6.45) is 0.530. The molecule has 0 bridgehead atoms. The van der Waals surface area contributed by atoms with Crippen molar-refractivity contribution in [2.24, 2.45) is 0 Å². The SMILES string of the molecule is CCc1noc(C)c1C(=O)N[C@@H](CO)C(=O)OC. The Bertz CT molecular complexity index is 441. The molecule has 100 valence electrons. The second-order valence-corrected chi connectivity index (χ2v) is 3.65. The Kier molecular flexibility index (Phi) is 4.85. The fourth-order valence-corrected chi connectivity index (χ4v) is 1.50. The molecule has 1 aromatic heterocycles. The first kappa shape index (κ1) is 14.2. The monoisotopic (exact) mass is 256 g/mol. The molecule has 0 unspecified atom stereocenters. The normalized spacial score (nSPS) is 12.0. The van der Waals surface area contributed by atoms with Crippen LogP contribution in [0.3, 0.4) is 0 Å². The Hall–Kier alpha value is -1.89. The van der Waals surface area contributed by atoms with Crippen molar-refractivity contribution >= 4 is 11.9 Å². The number of esters is 1. The van der Waals surface area contributed by atoms with Crippen molar-refractivity contribution in [1.29, 1.82) is 0 Å². The minimum absolute atomic E-state index is 0.292. The van der Waals surface area contributed by atoms with E-state index in [1.165, 1.54) is 7.11 Å². The zero-order valence-electron chi connectivity index (χ0n) is 10.5. The maximum absolute atomic E-state index is 12.0. The summed E-state index contributed by atoms with van der Waals surface area (Å²) in [5, 5.41) is 15.1. The number of ether oxygens (including phenoxy) is 1. The summed E-state index contributed by atoms with van der Waals surface area (Å²) in [5.41, 5.74) is 0.798. The molecule has 0 fully saturated rings. The van der Waals surface area contributed by atoms with Crippen LogP contribution in [0.25, 0.3) is 0 Å². The van der Waals surface area contributed by atoms with Crippen LogP contribution in [0.4, 0.5) is 0 Å². The van der Waals surface area contributed by atoms with E-state index in [4.69, 9.17) is 9.63 Å². The van der Waals surface area contributed by atoms with Crippen molar-refractivity contribution < 1.29 is 24.0 Å². The van der Waals surface area contributed by atoms with E-state index in [0.29, 0.717) is 23.4 Å². The minimum atomic E-state index is -1.10. The van der Waals surface area contributed by atoms with Crippen LogP contribution in [0.2, 0.25) is 0 Å². The van der Waals surface area contributed by atoms with E-state index in [9.17, 15) is 9.59 Å². The van der Waals surface area contributed by atoms with Crippen LogP contribution in [0, 0.1) is 6.92 Å². The number of rotatable bonds is 5. The number of carbonyl (C=O) groups is 2. The molecule has 1 amide bonds. The van der Waals surface area contributed by atoms with Gasteiger partial charge in [0, 0.05) is 0 Å². The second-order valence-electron chi connectivity index (χ2n) is 3.65. The van der Waals surface area contributed by atoms with E-state index in [1.807, 2.05) is 6.92 Å². The molecule has 18 heavy (non-hydrogen) atoms. The molecule has 1 heterocycles. The first-order valence-corrected chi connectivity index (χ1v) is 5.49. The number of methoxy groups -OCH3 is 1. The fourth-order valence-electron chi connectivity index (χ4n) is 1.50. The number of aryl methyl sites for hydroxylation is 2. The van der Waals surface area contributed by atoms with Crippen molar-refractivity contribution in [3.05, 3.63) is 17.0 Å². The van der Waals surface area contributed by atoms with E-state index in [0.717, 1.165) is 0 Å². The number of hydrogen-bond donors (Lipinski definition) is 2. The predicted octanol–water partition coefficient (Wildman–Crippen LogP) is -0.191. The van der Waals surface area contributed by atoms with Crippen molar-refractivity contribution in [1.82, 2.24) is 10.5 Å². The van der Waals surface area contributed by atoms with Gasteiger partial charge in [0.15, 0.2) is 6.04 Å². The van der Waals surface area contributed by atoms with Gasteiger partial charge < -0.3 is 19.7 Å². The van der Waals surface area contributed by atoms with Crippen LogP contribution >= 0.6 is 0 Å². The Morgan fingerprint density at radius 2 is 2.22 bits per heavy atom. The lowest BCUT2D eigenvalue weighted by atomic mass is 10.1. The van der Waals surface area contributed by atoms with Gasteiger partial charge in [-0.1, -0.05) is 12.1 Å². The third-order valence-electron chi connectivity index (χ3n) is 2.47. The number of nitrogens with one attached hydrogen (secondary N) is 1. The third kappa shape index (κ3) is 2.86. The number of aliphatic hydroxyl groups is 1. The van der Waals surface area contributed by atoms with Crippen molar-refractivity contribution in [3.8, 4) is 0 Å². The summed E-state index contributed by atoms with van der Waals surface area (Å²) in [4.78, 5) is 23.2. The molecule has 0 radical (unpaired) electrons. The van der Waals surface area contributed by atoms with Crippen LogP contribution in [-0.2, 0) is 16.0 Å². The average Bonchev–Trinajstić information content (AvgIpc) is 2.75. The van der Waals surface area contributed by atoms with Gasteiger partial charge in [0.2, 0.25) is 0 Å². The Balaban J connectivity index is 2.87. The van der Waals surface area contributed by atoms with E-state index >= 15 is 0 Å². The van der Waals surface area contributed by atoms with Crippen LogP contribution in [0.1, 0.15) is 28.7 Å². The molecule has 0 saturated carbocycles. The summed E-state index contributed by atoms with van der Waals surface area (Å²) in [5.74, 6) is -0.862. The van der Waals surface area contributed by atoms with Crippen LogP contribution in [0.5, 0.6) is 0 Å².